The quantitative estimate of drug-likeness (QED) is 0.683. The van der Waals surface area contributed by atoms with Crippen molar-refractivity contribution in [2.45, 2.75) is 30.3 Å². The van der Waals surface area contributed by atoms with Gasteiger partial charge in [-0.15, -0.1) is 0 Å². The van der Waals surface area contributed by atoms with Gasteiger partial charge in [-0.25, -0.2) is 22.3 Å². The Labute approximate surface area is 167 Å². The zero-order valence-corrected chi connectivity index (χ0v) is 16.8. The molecule has 10 heteroatoms. The van der Waals surface area contributed by atoms with Gasteiger partial charge in [-0.2, -0.15) is 5.10 Å². The Hall–Kier alpha value is -3.27. The van der Waals surface area contributed by atoms with Crippen LogP contribution >= 0.6 is 0 Å². The molecule has 0 spiro atoms. The normalized spacial score (nSPS) is 11.4. The van der Waals surface area contributed by atoms with Gasteiger partial charge in [-0.3, -0.25) is 4.98 Å². The fourth-order valence-electron chi connectivity index (χ4n) is 2.72. The molecule has 3 aromatic rings. The Morgan fingerprint density at radius 1 is 1.24 bits per heavy atom. The number of rotatable bonds is 5. The fraction of sp³-hybridized carbons (Fsp3) is 0.211. The fourth-order valence-corrected chi connectivity index (χ4v) is 4.06. The van der Waals surface area contributed by atoms with Crippen LogP contribution in [-0.4, -0.2) is 46.3 Å². The van der Waals surface area contributed by atoms with Crippen LogP contribution in [-0.2, 0) is 16.4 Å². The molecule has 0 bridgehead atoms. The van der Waals surface area contributed by atoms with Crippen LogP contribution in [0.25, 0.3) is 5.69 Å². The molecule has 8 nitrogen and oxygen atoms in total. The molecule has 0 saturated carbocycles. The minimum atomic E-state index is -4.05. The lowest BCUT2D eigenvalue weighted by Crippen LogP contribution is -2.24. The molecule has 0 unspecified atom stereocenters. The van der Waals surface area contributed by atoms with Crippen LogP contribution in [0.1, 0.15) is 17.0 Å². The number of carbonyl (C=O) groups is 1. The molecule has 0 aliphatic rings. The first-order valence-corrected chi connectivity index (χ1v) is 10.1. The van der Waals surface area contributed by atoms with E-state index in [-0.39, 0.29) is 33.4 Å². The summed E-state index contributed by atoms with van der Waals surface area (Å²) in [6.45, 7) is 3.11. The minimum Gasteiger partial charge on any atom is -0.465 e. The number of benzene rings is 1. The van der Waals surface area contributed by atoms with Crippen molar-refractivity contribution < 1.29 is 22.7 Å². The highest BCUT2D eigenvalue weighted by Gasteiger charge is 2.27. The average Bonchev–Trinajstić information content (AvgIpc) is 3.08. The van der Waals surface area contributed by atoms with Gasteiger partial charge < -0.3 is 10.0 Å². The highest BCUT2D eigenvalue weighted by Crippen LogP contribution is 2.27. The van der Waals surface area contributed by atoms with Crippen LogP contribution < -0.4 is 0 Å². The molecule has 29 heavy (non-hydrogen) atoms. The molecule has 152 valence electrons. The van der Waals surface area contributed by atoms with E-state index in [1.807, 2.05) is 0 Å². The molecule has 3 rings (SSSR count). The Kier molecular flexibility index (Phi) is 5.38. The summed E-state index contributed by atoms with van der Waals surface area (Å²) < 4.78 is 41.7. The first kappa shape index (κ1) is 20.5. The molecule has 2 aromatic heterocycles. The highest BCUT2D eigenvalue weighted by atomic mass is 32.2. The van der Waals surface area contributed by atoms with Gasteiger partial charge in [0, 0.05) is 30.6 Å². The lowest BCUT2D eigenvalue weighted by molar-refractivity contribution is 0.153. The first-order chi connectivity index (χ1) is 13.6. The van der Waals surface area contributed by atoms with Crippen molar-refractivity contribution in [2.75, 3.05) is 7.05 Å². The van der Waals surface area contributed by atoms with E-state index in [1.165, 1.54) is 44.4 Å². The zero-order chi connectivity index (χ0) is 21.3. The van der Waals surface area contributed by atoms with Gasteiger partial charge in [-0.05, 0) is 38.1 Å². The molecular weight excluding hydrogens is 399 g/mol. The van der Waals surface area contributed by atoms with Crippen LogP contribution in [0.3, 0.4) is 0 Å². The summed E-state index contributed by atoms with van der Waals surface area (Å²) in [7, 11) is -2.71. The third-order valence-electron chi connectivity index (χ3n) is 4.39. The second kappa shape index (κ2) is 7.63. The average molecular weight is 418 g/mol. The van der Waals surface area contributed by atoms with E-state index in [9.17, 15) is 17.6 Å². The summed E-state index contributed by atoms with van der Waals surface area (Å²) in [6, 6.07) is 8.55. The smallest absolute Gasteiger partial charge is 0.407 e. The van der Waals surface area contributed by atoms with Crippen molar-refractivity contribution in [1.82, 2.24) is 19.7 Å². The van der Waals surface area contributed by atoms with Crippen molar-refractivity contribution in [3.63, 3.8) is 0 Å². The van der Waals surface area contributed by atoms with Gasteiger partial charge >= 0.3 is 6.09 Å². The van der Waals surface area contributed by atoms with E-state index in [0.29, 0.717) is 5.69 Å². The van der Waals surface area contributed by atoms with Crippen LogP contribution in [0.15, 0.2) is 52.5 Å². The molecule has 0 aliphatic carbocycles. The first-order valence-electron chi connectivity index (χ1n) is 8.57. The summed E-state index contributed by atoms with van der Waals surface area (Å²) in [5.74, 6) is -0.512. The highest BCUT2D eigenvalue weighted by molar-refractivity contribution is 7.91. The Bertz CT molecular complexity index is 1170. The second-order valence-electron chi connectivity index (χ2n) is 6.55. The number of aromatic nitrogens is 3. The lowest BCUT2D eigenvalue weighted by Gasteiger charge is -2.12. The van der Waals surface area contributed by atoms with E-state index in [1.54, 1.807) is 19.1 Å². The standard InChI is InChI=1S/C19H19FN4O4S/c1-12-7-8-15(10-21-12)29(27,28)18-9-14(11-23(3)19(25)26)22-24(18)17-6-4-5-16(20)13(17)2/h4-10H,11H2,1-3H3,(H,25,26). The topological polar surface area (TPSA) is 105 Å². The van der Waals surface area contributed by atoms with Crippen LogP contribution in [0.4, 0.5) is 9.18 Å². The SMILES string of the molecule is Cc1ccc(S(=O)(=O)c2cc(CN(C)C(=O)O)nn2-c2cccc(F)c2C)cn1. The molecule has 1 amide bonds. The molecule has 0 fully saturated rings. The van der Waals surface area contributed by atoms with Gasteiger partial charge in [0.05, 0.1) is 22.8 Å². The van der Waals surface area contributed by atoms with E-state index >= 15 is 0 Å². The molecule has 1 aromatic carbocycles. The van der Waals surface area contributed by atoms with Gasteiger partial charge in [0.25, 0.3) is 0 Å². The Morgan fingerprint density at radius 2 is 1.97 bits per heavy atom. The number of halogens is 1. The number of amides is 1. The van der Waals surface area contributed by atoms with Crippen molar-refractivity contribution in [3.05, 3.63) is 65.4 Å². The predicted octanol–water partition coefficient (Wildman–Crippen LogP) is 2.97. The molecule has 1 N–H and O–H groups in total. The monoisotopic (exact) mass is 418 g/mol. The van der Waals surface area contributed by atoms with E-state index < -0.39 is 21.7 Å². The molecule has 0 radical (unpaired) electrons. The molecular formula is C19H19FN4O4S. The minimum absolute atomic E-state index is 0.0450. The third kappa shape index (κ3) is 3.97. The Morgan fingerprint density at radius 3 is 2.59 bits per heavy atom. The van der Waals surface area contributed by atoms with E-state index in [4.69, 9.17) is 5.11 Å². The zero-order valence-electron chi connectivity index (χ0n) is 16.0. The molecule has 2 heterocycles. The molecule has 0 saturated heterocycles. The summed E-state index contributed by atoms with van der Waals surface area (Å²) in [4.78, 5) is 16.1. The number of hydrogen-bond donors (Lipinski definition) is 1. The number of nitrogens with zero attached hydrogens (tertiary/aromatic N) is 4. The summed E-state index contributed by atoms with van der Waals surface area (Å²) in [5, 5.41) is 13.2. The largest absolute Gasteiger partial charge is 0.465 e. The van der Waals surface area contributed by atoms with Crippen molar-refractivity contribution >= 4 is 15.9 Å². The number of sulfone groups is 1. The Balaban J connectivity index is 2.21. The van der Waals surface area contributed by atoms with Crippen LogP contribution in [0.5, 0.6) is 0 Å². The van der Waals surface area contributed by atoms with Gasteiger partial charge in [-0.1, -0.05) is 6.07 Å². The predicted molar refractivity (Wildman–Crippen MR) is 102 cm³/mol. The molecule has 0 aliphatic heterocycles. The van der Waals surface area contributed by atoms with Crippen LogP contribution in [0, 0.1) is 19.7 Å². The van der Waals surface area contributed by atoms with Gasteiger partial charge in [0.15, 0.2) is 5.03 Å². The van der Waals surface area contributed by atoms with Gasteiger partial charge in [0.2, 0.25) is 9.84 Å². The number of hydrogen-bond acceptors (Lipinski definition) is 5. The number of aryl methyl sites for hydroxylation is 1. The van der Waals surface area contributed by atoms with Crippen molar-refractivity contribution in [2.24, 2.45) is 0 Å². The van der Waals surface area contributed by atoms with Crippen molar-refractivity contribution in [1.29, 1.82) is 0 Å². The maximum atomic E-state index is 14.1. The second-order valence-corrected chi connectivity index (χ2v) is 8.44. The maximum Gasteiger partial charge on any atom is 0.407 e. The number of pyridine rings is 1. The van der Waals surface area contributed by atoms with Crippen LogP contribution in [0.2, 0.25) is 0 Å². The van der Waals surface area contributed by atoms with Crippen molar-refractivity contribution in [3.8, 4) is 5.69 Å². The third-order valence-corrected chi connectivity index (χ3v) is 6.09. The lowest BCUT2D eigenvalue weighted by atomic mass is 10.2. The van der Waals surface area contributed by atoms with E-state index in [0.717, 1.165) is 9.58 Å². The number of carboxylic acid groups (broad SMARTS) is 1. The summed E-state index contributed by atoms with van der Waals surface area (Å²) >= 11 is 0. The molecule has 0 atom stereocenters. The van der Waals surface area contributed by atoms with E-state index in [2.05, 4.69) is 10.1 Å². The summed E-state index contributed by atoms with van der Waals surface area (Å²) in [5.41, 5.74) is 1.32. The van der Waals surface area contributed by atoms with Gasteiger partial charge in [0.1, 0.15) is 5.82 Å². The summed E-state index contributed by atoms with van der Waals surface area (Å²) in [6.07, 6.45) is 0.0531. The maximum absolute atomic E-state index is 14.1.